The third-order valence-corrected chi connectivity index (χ3v) is 10.5. The summed E-state index contributed by atoms with van der Waals surface area (Å²) in [5.74, 6) is 2.37. The Morgan fingerprint density at radius 2 is 1.00 bits per heavy atom. The van der Waals surface area contributed by atoms with Crippen LogP contribution in [0.25, 0.3) is 44.2 Å². The van der Waals surface area contributed by atoms with Crippen LogP contribution in [0.5, 0.6) is 5.75 Å². The van der Waals surface area contributed by atoms with Crippen molar-refractivity contribution < 1.29 is 4.74 Å². The number of nitrogens with one attached hydrogen (secondary N) is 2. The molecule has 2 N–H and O–H groups in total. The van der Waals surface area contributed by atoms with Crippen molar-refractivity contribution in [3.8, 4) is 39.1 Å². The minimum absolute atomic E-state index is 0.209. The lowest BCUT2D eigenvalue weighted by Crippen LogP contribution is -2.33. The summed E-state index contributed by atoms with van der Waals surface area (Å²) in [6.07, 6.45) is -0.573. The normalized spacial score (nSPS) is 15.9. The third-order valence-electron chi connectivity index (χ3n) is 10.5. The van der Waals surface area contributed by atoms with Gasteiger partial charge in [0.25, 0.3) is 0 Å². The van der Waals surface area contributed by atoms with E-state index in [1.54, 1.807) is 0 Å². The van der Waals surface area contributed by atoms with Crippen LogP contribution in [0, 0.1) is 0 Å². The Kier molecular flexibility index (Phi) is 8.23. The standard InChI is InChI=1S/C50H36N4O/c1-3-13-33(14-4-1)34-25-29-37(30-26-34)48-52-47(36-15-5-2-6-16-36)53-49(54-48)44-18-8-7-17-43(44)42-22-12-20-40-39(19-11-21-41(40)42)35-27-31-38(32-28-35)50-51-45-23-9-10-24-46(45)55-50/h1-32,49-51H,(H,52,53,54). The average Bonchev–Trinajstić information content (AvgIpc) is 3.71. The Hall–Kier alpha value is -7.24. The van der Waals surface area contributed by atoms with Crippen molar-refractivity contribution in [3.63, 3.8) is 0 Å². The largest absolute Gasteiger partial charge is 0.464 e. The lowest BCUT2D eigenvalue weighted by atomic mass is 9.90. The van der Waals surface area contributed by atoms with Crippen LogP contribution in [-0.4, -0.2) is 11.7 Å². The van der Waals surface area contributed by atoms with Crippen molar-refractivity contribution in [2.75, 3.05) is 5.32 Å². The summed E-state index contributed by atoms with van der Waals surface area (Å²) in [5.41, 5.74) is 12.1. The molecular weight excluding hydrogens is 673 g/mol. The number of hydrogen-bond donors (Lipinski definition) is 2. The zero-order valence-corrected chi connectivity index (χ0v) is 29.9. The summed E-state index contributed by atoms with van der Waals surface area (Å²) in [4.78, 5) is 10.3. The molecule has 2 heterocycles. The highest BCUT2D eigenvalue weighted by Crippen LogP contribution is 2.40. The first-order valence-electron chi connectivity index (χ1n) is 18.6. The number of benzene rings is 8. The molecular formula is C50H36N4O. The SMILES string of the molecule is c1ccc(C2=NC(c3ccccc3-c3cccc4c(-c5ccc(C6Nc7ccccc7O6)cc5)cccc34)NC(c3ccc(-c4ccccc4)cc3)=N2)cc1. The number of ether oxygens (including phenoxy) is 1. The molecule has 0 aliphatic carbocycles. The maximum absolute atomic E-state index is 6.19. The van der Waals surface area contributed by atoms with Crippen molar-refractivity contribution in [1.29, 1.82) is 0 Å². The molecule has 2 atom stereocenters. The van der Waals surface area contributed by atoms with E-state index in [9.17, 15) is 0 Å². The predicted molar refractivity (Wildman–Crippen MR) is 226 cm³/mol. The first-order chi connectivity index (χ1) is 27.2. The molecule has 0 radical (unpaired) electrons. The number of hydrogen-bond acceptors (Lipinski definition) is 5. The Bertz CT molecular complexity index is 2700. The maximum Gasteiger partial charge on any atom is 0.196 e. The molecule has 2 unspecified atom stereocenters. The molecule has 8 aromatic carbocycles. The molecule has 0 saturated carbocycles. The fourth-order valence-electron chi connectivity index (χ4n) is 7.68. The van der Waals surface area contributed by atoms with Gasteiger partial charge in [0.2, 0.25) is 0 Å². The van der Waals surface area contributed by atoms with Crippen molar-refractivity contribution in [2.45, 2.75) is 12.4 Å². The van der Waals surface area contributed by atoms with E-state index < -0.39 is 0 Å². The van der Waals surface area contributed by atoms with Gasteiger partial charge < -0.3 is 15.4 Å². The van der Waals surface area contributed by atoms with Gasteiger partial charge in [-0.3, -0.25) is 0 Å². The van der Waals surface area contributed by atoms with E-state index in [0.717, 1.165) is 61.8 Å². The summed E-state index contributed by atoms with van der Waals surface area (Å²) in [5, 5.41) is 9.58. The van der Waals surface area contributed by atoms with Gasteiger partial charge in [0.1, 0.15) is 17.8 Å². The van der Waals surface area contributed by atoms with Crippen LogP contribution in [-0.2, 0) is 0 Å². The third kappa shape index (κ3) is 6.22. The van der Waals surface area contributed by atoms with E-state index >= 15 is 0 Å². The maximum atomic E-state index is 6.19. The number of amidine groups is 2. The lowest BCUT2D eigenvalue weighted by Gasteiger charge is -2.26. The Labute approximate surface area is 320 Å². The van der Waals surface area contributed by atoms with Crippen LogP contribution in [0.15, 0.2) is 204 Å². The summed E-state index contributed by atoms with van der Waals surface area (Å²) in [7, 11) is 0. The van der Waals surface area contributed by atoms with Crippen LogP contribution in [0.4, 0.5) is 5.69 Å². The molecule has 0 fully saturated rings. The van der Waals surface area contributed by atoms with Crippen molar-refractivity contribution >= 4 is 28.1 Å². The highest BCUT2D eigenvalue weighted by atomic mass is 16.5. The molecule has 0 spiro atoms. The number of fused-ring (bicyclic) bond motifs is 2. The molecule has 2 aliphatic heterocycles. The number of rotatable bonds is 7. The van der Waals surface area contributed by atoms with Crippen LogP contribution in [0.1, 0.15) is 34.6 Å². The molecule has 0 bridgehead atoms. The smallest absolute Gasteiger partial charge is 0.196 e. The van der Waals surface area contributed by atoms with Crippen LogP contribution < -0.4 is 15.4 Å². The lowest BCUT2D eigenvalue weighted by molar-refractivity contribution is 0.260. The van der Waals surface area contributed by atoms with Crippen molar-refractivity contribution in [1.82, 2.24) is 5.32 Å². The molecule has 55 heavy (non-hydrogen) atoms. The Morgan fingerprint density at radius 3 is 1.76 bits per heavy atom. The fourth-order valence-corrected chi connectivity index (χ4v) is 7.68. The molecule has 10 rings (SSSR count). The Morgan fingerprint density at radius 1 is 0.418 bits per heavy atom. The topological polar surface area (TPSA) is 58.0 Å². The van der Waals surface area contributed by atoms with Crippen LogP contribution in [0.3, 0.4) is 0 Å². The van der Waals surface area contributed by atoms with Gasteiger partial charge in [-0.2, -0.15) is 0 Å². The van der Waals surface area contributed by atoms with Gasteiger partial charge in [-0.25, -0.2) is 9.98 Å². The molecule has 8 aromatic rings. The molecule has 5 nitrogen and oxygen atoms in total. The summed E-state index contributed by atoms with van der Waals surface area (Å²) >= 11 is 0. The fraction of sp³-hybridized carbons (Fsp3) is 0.0400. The predicted octanol–water partition coefficient (Wildman–Crippen LogP) is 11.8. The van der Waals surface area contributed by atoms with Gasteiger partial charge >= 0.3 is 0 Å². The van der Waals surface area contributed by atoms with E-state index in [0.29, 0.717) is 5.84 Å². The number of nitrogens with zero attached hydrogens (tertiary/aromatic N) is 2. The summed E-state index contributed by atoms with van der Waals surface area (Å²) < 4.78 is 6.19. The van der Waals surface area contributed by atoms with Crippen LogP contribution in [0.2, 0.25) is 0 Å². The van der Waals surface area contributed by atoms with E-state index in [-0.39, 0.29) is 12.4 Å². The van der Waals surface area contributed by atoms with Crippen molar-refractivity contribution in [3.05, 3.63) is 216 Å². The molecule has 5 heteroatoms. The van der Waals surface area contributed by atoms with Gasteiger partial charge in [0, 0.05) is 22.3 Å². The van der Waals surface area contributed by atoms with Gasteiger partial charge in [0.05, 0.1) is 5.69 Å². The average molecular weight is 709 g/mol. The second-order valence-electron chi connectivity index (χ2n) is 13.8. The van der Waals surface area contributed by atoms with E-state index in [4.69, 9.17) is 14.7 Å². The number of aliphatic imine (C=N–C) groups is 2. The minimum Gasteiger partial charge on any atom is -0.464 e. The van der Waals surface area contributed by atoms with Gasteiger partial charge in [-0.05, 0) is 56.3 Å². The molecule has 0 amide bonds. The zero-order chi connectivity index (χ0) is 36.6. The van der Waals surface area contributed by atoms with Crippen molar-refractivity contribution in [2.24, 2.45) is 9.98 Å². The van der Waals surface area contributed by atoms with E-state index in [2.05, 4.69) is 156 Å². The molecule has 0 saturated heterocycles. The molecule has 2 aliphatic rings. The Balaban J connectivity index is 1.00. The van der Waals surface area contributed by atoms with Gasteiger partial charge in [-0.15, -0.1) is 0 Å². The van der Waals surface area contributed by atoms with Crippen LogP contribution >= 0.6 is 0 Å². The second-order valence-corrected chi connectivity index (χ2v) is 13.8. The second kappa shape index (κ2) is 14.0. The number of para-hydroxylation sites is 2. The van der Waals surface area contributed by atoms with Gasteiger partial charge in [0.15, 0.2) is 12.1 Å². The van der Waals surface area contributed by atoms with Gasteiger partial charge in [-0.1, -0.05) is 182 Å². The summed E-state index contributed by atoms with van der Waals surface area (Å²) in [6.45, 7) is 0. The quantitative estimate of drug-likeness (QED) is 0.173. The number of anilines is 1. The highest BCUT2D eigenvalue weighted by molar-refractivity contribution is 6.13. The monoisotopic (exact) mass is 708 g/mol. The molecule has 0 aromatic heterocycles. The zero-order valence-electron chi connectivity index (χ0n) is 29.9. The summed E-state index contributed by atoms with van der Waals surface area (Å²) in [6, 6.07) is 67.8. The first-order valence-corrected chi connectivity index (χ1v) is 18.6. The highest BCUT2D eigenvalue weighted by Gasteiger charge is 2.25. The molecule has 262 valence electrons. The minimum atomic E-state index is -0.365. The first kappa shape index (κ1) is 32.4. The van der Waals surface area contributed by atoms with E-state index in [1.807, 2.05) is 48.5 Å². The van der Waals surface area contributed by atoms with E-state index in [1.165, 1.54) is 21.9 Å².